The van der Waals surface area contributed by atoms with E-state index in [4.69, 9.17) is 0 Å². The van der Waals surface area contributed by atoms with Crippen molar-refractivity contribution in [1.82, 2.24) is 15.5 Å². The van der Waals surface area contributed by atoms with Gasteiger partial charge in [0.2, 0.25) is 5.91 Å². The zero-order valence-electron chi connectivity index (χ0n) is 14.8. The minimum Gasteiger partial charge on any atom is -0.349 e. The molecule has 0 aromatic heterocycles. The summed E-state index contributed by atoms with van der Waals surface area (Å²) in [5.41, 5.74) is -0.886. The number of amides is 4. The van der Waals surface area contributed by atoms with E-state index in [1.165, 1.54) is 19.3 Å². The monoisotopic (exact) mass is 345 g/mol. The first-order valence-electron chi connectivity index (χ1n) is 9.82. The molecule has 1 atom stereocenters. The molecule has 25 heavy (non-hydrogen) atoms. The lowest BCUT2D eigenvalue weighted by Gasteiger charge is -2.56. The lowest BCUT2D eigenvalue weighted by atomic mass is 9.53. The summed E-state index contributed by atoms with van der Waals surface area (Å²) < 4.78 is 0. The van der Waals surface area contributed by atoms with E-state index < -0.39 is 11.6 Å². The molecular formula is C19H27N3O3. The highest BCUT2D eigenvalue weighted by molar-refractivity contribution is 6.09. The van der Waals surface area contributed by atoms with Crippen molar-refractivity contribution in [2.75, 3.05) is 6.54 Å². The van der Waals surface area contributed by atoms with Crippen LogP contribution in [0.4, 0.5) is 4.79 Å². The van der Waals surface area contributed by atoms with Crippen LogP contribution in [0.1, 0.15) is 58.3 Å². The third-order valence-corrected chi connectivity index (χ3v) is 7.44. The van der Waals surface area contributed by atoms with Gasteiger partial charge in [-0.25, -0.2) is 4.79 Å². The Balaban J connectivity index is 1.27. The predicted molar refractivity (Wildman–Crippen MR) is 90.4 cm³/mol. The Kier molecular flexibility index (Phi) is 3.12. The summed E-state index contributed by atoms with van der Waals surface area (Å²) in [7, 11) is 0. The maximum atomic E-state index is 12.7. The van der Waals surface area contributed by atoms with E-state index in [0.717, 1.165) is 54.8 Å². The van der Waals surface area contributed by atoms with Crippen LogP contribution in [0.25, 0.3) is 0 Å². The van der Waals surface area contributed by atoms with Crippen LogP contribution in [0.3, 0.4) is 0 Å². The fourth-order valence-electron chi connectivity index (χ4n) is 6.54. The summed E-state index contributed by atoms with van der Waals surface area (Å²) in [6.07, 6.45) is 9.12. The molecule has 6 heteroatoms. The Labute approximate surface area is 148 Å². The van der Waals surface area contributed by atoms with Gasteiger partial charge in [0.15, 0.2) is 0 Å². The van der Waals surface area contributed by atoms with E-state index in [-0.39, 0.29) is 29.8 Å². The van der Waals surface area contributed by atoms with E-state index in [1.807, 2.05) is 0 Å². The van der Waals surface area contributed by atoms with Crippen molar-refractivity contribution in [3.8, 4) is 0 Å². The first-order chi connectivity index (χ1) is 11.9. The highest BCUT2D eigenvalue weighted by Gasteiger charge is 2.57. The minimum absolute atomic E-state index is 0.0785. The first-order valence-corrected chi connectivity index (χ1v) is 9.82. The predicted octanol–water partition coefficient (Wildman–Crippen LogP) is 1.79. The van der Waals surface area contributed by atoms with E-state index in [1.54, 1.807) is 6.92 Å². The number of rotatable bonds is 4. The molecular weight excluding hydrogens is 318 g/mol. The molecule has 0 aromatic rings. The quantitative estimate of drug-likeness (QED) is 0.763. The highest BCUT2D eigenvalue weighted by Crippen LogP contribution is 2.55. The number of hydrogen-bond acceptors (Lipinski definition) is 3. The fourth-order valence-corrected chi connectivity index (χ4v) is 6.54. The smallest absolute Gasteiger partial charge is 0.325 e. The molecule has 136 valence electrons. The maximum Gasteiger partial charge on any atom is 0.325 e. The zero-order valence-corrected chi connectivity index (χ0v) is 14.8. The second-order valence-corrected chi connectivity index (χ2v) is 9.54. The lowest BCUT2D eigenvalue weighted by Crippen LogP contribution is -2.61. The molecule has 2 N–H and O–H groups in total. The summed E-state index contributed by atoms with van der Waals surface area (Å²) in [6, 6.07) is -0.417. The van der Waals surface area contributed by atoms with Gasteiger partial charge in [-0.15, -0.1) is 0 Å². The number of carbonyl (C=O) groups excluding carboxylic acids is 3. The third-order valence-electron chi connectivity index (χ3n) is 7.44. The van der Waals surface area contributed by atoms with Crippen molar-refractivity contribution >= 4 is 17.8 Å². The Bertz CT molecular complexity index is 621. The van der Waals surface area contributed by atoms with Crippen LogP contribution in [0.5, 0.6) is 0 Å². The van der Waals surface area contributed by atoms with Gasteiger partial charge < -0.3 is 10.6 Å². The molecule has 0 radical (unpaired) electrons. The van der Waals surface area contributed by atoms with Gasteiger partial charge in [-0.2, -0.15) is 0 Å². The SMILES string of the molecule is C[C@@]1(C2CC2)NC(=O)N(CC(=O)NC23CC4CC(CC(C4)C2)C3)C1=O. The van der Waals surface area contributed by atoms with Gasteiger partial charge in [0, 0.05) is 5.54 Å². The first kappa shape index (κ1) is 15.6. The van der Waals surface area contributed by atoms with Gasteiger partial charge in [-0.05, 0) is 82.0 Å². The van der Waals surface area contributed by atoms with Crippen LogP contribution in [0, 0.1) is 23.7 Å². The molecule has 5 aliphatic carbocycles. The van der Waals surface area contributed by atoms with Crippen LogP contribution in [-0.2, 0) is 9.59 Å². The highest BCUT2D eigenvalue weighted by atomic mass is 16.2. The van der Waals surface area contributed by atoms with Gasteiger partial charge >= 0.3 is 6.03 Å². The number of hydrogen-bond donors (Lipinski definition) is 2. The molecule has 6 rings (SSSR count). The average Bonchev–Trinajstić information content (AvgIpc) is 3.32. The molecule has 6 fully saturated rings. The van der Waals surface area contributed by atoms with Crippen molar-refractivity contribution in [2.45, 2.75) is 69.4 Å². The van der Waals surface area contributed by atoms with Crippen LogP contribution in [-0.4, -0.2) is 40.4 Å². The summed E-state index contributed by atoms with van der Waals surface area (Å²) in [6.45, 7) is 1.65. The third kappa shape index (κ3) is 2.40. The lowest BCUT2D eigenvalue weighted by molar-refractivity contribution is -0.137. The van der Waals surface area contributed by atoms with Gasteiger partial charge in [0.05, 0.1) is 0 Å². The standard InChI is InChI=1S/C19H27N3O3/c1-18(14-2-3-14)16(24)22(17(25)21-18)10-15(23)20-19-7-11-4-12(8-19)6-13(5-11)9-19/h11-14H,2-10H2,1H3,(H,20,23)(H,21,25)/t11?,12?,13?,18-,19?/m0/s1. The molecule has 6 nitrogen and oxygen atoms in total. The minimum atomic E-state index is -0.807. The van der Waals surface area contributed by atoms with Gasteiger partial charge in [0.25, 0.3) is 5.91 Å². The molecule has 0 spiro atoms. The second kappa shape index (κ2) is 4.98. The fraction of sp³-hybridized carbons (Fsp3) is 0.842. The van der Waals surface area contributed by atoms with Crippen molar-refractivity contribution < 1.29 is 14.4 Å². The normalized spacial score (nSPS) is 45.0. The van der Waals surface area contributed by atoms with Crippen molar-refractivity contribution in [1.29, 1.82) is 0 Å². The van der Waals surface area contributed by atoms with E-state index in [9.17, 15) is 14.4 Å². The Morgan fingerprint density at radius 3 is 2.20 bits per heavy atom. The van der Waals surface area contributed by atoms with E-state index in [0.29, 0.717) is 0 Å². The Morgan fingerprint density at radius 1 is 1.12 bits per heavy atom. The zero-order chi connectivity index (χ0) is 17.4. The Morgan fingerprint density at radius 2 is 1.68 bits per heavy atom. The molecule has 4 bridgehead atoms. The van der Waals surface area contributed by atoms with Gasteiger partial charge in [-0.3, -0.25) is 14.5 Å². The number of urea groups is 1. The number of imide groups is 1. The molecule has 6 aliphatic rings. The van der Waals surface area contributed by atoms with Crippen LogP contribution in [0.2, 0.25) is 0 Å². The maximum absolute atomic E-state index is 12.7. The second-order valence-electron chi connectivity index (χ2n) is 9.54. The molecule has 1 aliphatic heterocycles. The van der Waals surface area contributed by atoms with Gasteiger partial charge in [0.1, 0.15) is 12.1 Å². The molecule has 4 amide bonds. The van der Waals surface area contributed by atoms with Crippen LogP contribution >= 0.6 is 0 Å². The number of nitrogens with zero attached hydrogens (tertiary/aromatic N) is 1. The van der Waals surface area contributed by atoms with Crippen LogP contribution in [0.15, 0.2) is 0 Å². The molecule has 0 aromatic carbocycles. The summed E-state index contributed by atoms with van der Waals surface area (Å²) in [4.78, 5) is 38.7. The molecule has 5 saturated carbocycles. The molecule has 0 unspecified atom stereocenters. The Hall–Kier alpha value is -1.59. The number of carbonyl (C=O) groups is 3. The van der Waals surface area contributed by atoms with E-state index in [2.05, 4.69) is 10.6 Å². The molecule has 1 saturated heterocycles. The average molecular weight is 345 g/mol. The summed E-state index contributed by atoms with van der Waals surface area (Å²) in [5, 5.41) is 6.07. The number of nitrogens with one attached hydrogen (secondary N) is 2. The summed E-state index contributed by atoms with van der Waals surface area (Å²) >= 11 is 0. The largest absolute Gasteiger partial charge is 0.349 e. The van der Waals surface area contributed by atoms with E-state index >= 15 is 0 Å². The van der Waals surface area contributed by atoms with Crippen molar-refractivity contribution in [2.24, 2.45) is 23.7 Å². The summed E-state index contributed by atoms with van der Waals surface area (Å²) in [5.74, 6) is 2.07. The topological polar surface area (TPSA) is 78.5 Å². The molecule has 1 heterocycles. The van der Waals surface area contributed by atoms with Crippen molar-refractivity contribution in [3.63, 3.8) is 0 Å². The van der Waals surface area contributed by atoms with Crippen molar-refractivity contribution in [3.05, 3.63) is 0 Å². The van der Waals surface area contributed by atoms with Crippen LogP contribution < -0.4 is 10.6 Å². The van der Waals surface area contributed by atoms with Gasteiger partial charge in [-0.1, -0.05) is 0 Å².